The predicted octanol–water partition coefficient (Wildman–Crippen LogP) is 4.42. The van der Waals surface area contributed by atoms with Crippen LogP contribution in [0.15, 0.2) is 29.3 Å². The molecule has 0 aliphatic carbocycles. The standard InChI is InChI=1S/C27H36F3N7O4S/c1-4-17(2)32-25-23-20(27(28,29)30)16-31-24(23)34-26(35-25)33-21-6-5-19(15-22(21)40-3)42(38,39)37-9-7-18(8-10-37)36-11-13-41-14-12-36/h5-6,15-18H,4,7-14H2,1-3H3,(H3,31,32,33,34,35)/t17-/m0/s1. The second kappa shape index (κ2) is 12.2. The quantitative estimate of drug-likeness (QED) is 0.323. The summed E-state index contributed by atoms with van der Waals surface area (Å²) < 4.78 is 80.5. The van der Waals surface area contributed by atoms with Crippen molar-refractivity contribution < 1.29 is 31.1 Å². The number of hydrogen-bond donors (Lipinski definition) is 3. The Kier molecular flexibility index (Phi) is 8.83. The van der Waals surface area contributed by atoms with Crippen LogP contribution in [0.4, 0.5) is 30.6 Å². The van der Waals surface area contributed by atoms with Crippen molar-refractivity contribution in [2.45, 2.75) is 56.3 Å². The molecule has 1 atom stereocenters. The van der Waals surface area contributed by atoms with E-state index < -0.39 is 21.8 Å². The van der Waals surface area contributed by atoms with Crippen molar-refractivity contribution in [3.05, 3.63) is 30.0 Å². The molecule has 3 aromatic rings. The summed E-state index contributed by atoms with van der Waals surface area (Å²) in [6.07, 6.45) is -1.57. The third kappa shape index (κ3) is 6.28. The van der Waals surface area contributed by atoms with E-state index in [0.717, 1.165) is 32.1 Å². The van der Waals surface area contributed by atoms with Crippen molar-refractivity contribution in [3.8, 4) is 5.75 Å². The normalized spacial score (nSPS) is 18.7. The Bertz CT molecular complexity index is 1500. The molecule has 230 valence electrons. The number of rotatable bonds is 9. The molecule has 2 fully saturated rings. The molecule has 15 heteroatoms. The highest BCUT2D eigenvalue weighted by atomic mass is 32.2. The first kappa shape index (κ1) is 30.3. The molecule has 0 radical (unpaired) electrons. The third-order valence-corrected chi connectivity index (χ3v) is 9.77. The van der Waals surface area contributed by atoms with Crippen LogP contribution in [0, 0.1) is 0 Å². The van der Waals surface area contributed by atoms with E-state index in [1.807, 2.05) is 13.8 Å². The number of fused-ring (bicyclic) bond motifs is 1. The zero-order valence-corrected chi connectivity index (χ0v) is 24.6. The summed E-state index contributed by atoms with van der Waals surface area (Å²) in [5.74, 6) is 0.272. The topological polar surface area (TPSA) is 125 Å². The second-order valence-electron chi connectivity index (χ2n) is 10.5. The minimum Gasteiger partial charge on any atom is -0.495 e. The van der Waals surface area contributed by atoms with Crippen molar-refractivity contribution in [1.82, 2.24) is 24.2 Å². The van der Waals surface area contributed by atoms with Crippen molar-refractivity contribution in [3.63, 3.8) is 0 Å². The molecule has 0 bridgehead atoms. The number of aromatic amines is 1. The monoisotopic (exact) mass is 611 g/mol. The van der Waals surface area contributed by atoms with Crippen LogP contribution in [-0.4, -0.2) is 91.2 Å². The van der Waals surface area contributed by atoms with Crippen LogP contribution in [0.2, 0.25) is 0 Å². The van der Waals surface area contributed by atoms with Gasteiger partial charge in [-0.3, -0.25) is 4.90 Å². The first-order valence-corrected chi connectivity index (χ1v) is 15.4. The van der Waals surface area contributed by atoms with Gasteiger partial charge in [-0.1, -0.05) is 6.92 Å². The number of anilines is 3. The van der Waals surface area contributed by atoms with Crippen LogP contribution in [-0.2, 0) is 20.9 Å². The summed E-state index contributed by atoms with van der Waals surface area (Å²) >= 11 is 0. The van der Waals surface area contributed by atoms with Gasteiger partial charge in [0.25, 0.3) is 0 Å². The molecule has 2 aromatic heterocycles. The molecule has 0 unspecified atom stereocenters. The zero-order valence-electron chi connectivity index (χ0n) is 23.8. The number of piperidine rings is 1. The molecule has 2 saturated heterocycles. The molecule has 0 saturated carbocycles. The van der Waals surface area contributed by atoms with Crippen LogP contribution in [0.3, 0.4) is 0 Å². The zero-order chi connectivity index (χ0) is 30.1. The Labute approximate surface area is 242 Å². The fourth-order valence-corrected chi connectivity index (χ4v) is 6.83. The highest BCUT2D eigenvalue weighted by Gasteiger charge is 2.36. The van der Waals surface area contributed by atoms with E-state index >= 15 is 0 Å². The summed E-state index contributed by atoms with van der Waals surface area (Å²) in [6.45, 7) is 7.72. The summed E-state index contributed by atoms with van der Waals surface area (Å²) in [6, 6.07) is 4.63. The average molecular weight is 612 g/mol. The number of morpholine rings is 1. The maximum Gasteiger partial charge on any atom is 0.418 e. The molecule has 2 aliphatic heterocycles. The molecule has 11 nitrogen and oxygen atoms in total. The van der Waals surface area contributed by atoms with Gasteiger partial charge in [0.15, 0.2) is 0 Å². The second-order valence-corrected chi connectivity index (χ2v) is 12.5. The van der Waals surface area contributed by atoms with Gasteiger partial charge in [-0.15, -0.1) is 0 Å². The van der Waals surface area contributed by atoms with Gasteiger partial charge < -0.3 is 25.1 Å². The van der Waals surface area contributed by atoms with Crippen LogP contribution < -0.4 is 15.4 Å². The van der Waals surface area contributed by atoms with Crippen molar-refractivity contribution in [2.24, 2.45) is 0 Å². The van der Waals surface area contributed by atoms with Gasteiger partial charge in [-0.05, 0) is 38.3 Å². The first-order valence-electron chi connectivity index (χ1n) is 14.0. The van der Waals surface area contributed by atoms with E-state index in [2.05, 4.69) is 30.5 Å². The van der Waals surface area contributed by atoms with Crippen LogP contribution in [0.1, 0.15) is 38.7 Å². The third-order valence-electron chi connectivity index (χ3n) is 7.88. The number of nitrogens with one attached hydrogen (secondary N) is 3. The van der Waals surface area contributed by atoms with Crippen LogP contribution >= 0.6 is 0 Å². The number of alkyl halides is 3. The lowest BCUT2D eigenvalue weighted by Gasteiger charge is -2.39. The molecule has 0 amide bonds. The van der Waals surface area contributed by atoms with E-state index in [4.69, 9.17) is 9.47 Å². The van der Waals surface area contributed by atoms with Gasteiger partial charge in [-0.25, -0.2) is 8.42 Å². The van der Waals surface area contributed by atoms with Gasteiger partial charge in [0.2, 0.25) is 16.0 Å². The van der Waals surface area contributed by atoms with Gasteiger partial charge in [0.05, 0.1) is 41.9 Å². The number of hydrogen-bond acceptors (Lipinski definition) is 9. The molecule has 4 heterocycles. The first-order chi connectivity index (χ1) is 20.0. The number of sulfonamides is 1. The van der Waals surface area contributed by atoms with Gasteiger partial charge in [-0.2, -0.15) is 27.4 Å². The highest BCUT2D eigenvalue weighted by Crippen LogP contribution is 2.39. The van der Waals surface area contributed by atoms with Crippen LogP contribution in [0.5, 0.6) is 5.75 Å². The molecule has 0 spiro atoms. The number of nitrogens with zero attached hydrogens (tertiary/aromatic N) is 4. The molecule has 5 rings (SSSR count). The van der Waals surface area contributed by atoms with Crippen molar-refractivity contribution >= 4 is 38.5 Å². The minimum absolute atomic E-state index is 0.00396. The van der Waals surface area contributed by atoms with E-state index in [0.29, 0.717) is 44.5 Å². The van der Waals surface area contributed by atoms with Gasteiger partial charge >= 0.3 is 6.18 Å². The lowest BCUT2D eigenvalue weighted by Crippen LogP contribution is -2.50. The van der Waals surface area contributed by atoms with Crippen LogP contribution in [0.25, 0.3) is 11.0 Å². The minimum atomic E-state index is -4.59. The number of ether oxygens (including phenoxy) is 2. The SMILES string of the molecule is CC[C@H](C)Nc1nc(Nc2ccc(S(=O)(=O)N3CCC(N4CCOCC4)CC3)cc2OC)nc2[nH]cc(C(F)(F)F)c12. The van der Waals surface area contributed by atoms with E-state index in [-0.39, 0.29) is 39.5 Å². The number of H-pyrrole nitrogens is 1. The summed E-state index contributed by atoms with van der Waals surface area (Å²) in [4.78, 5) is 13.7. The largest absolute Gasteiger partial charge is 0.495 e. The number of halogens is 3. The molecule has 3 N–H and O–H groups in total. The molecule has 42 heavy (non-hydrogen) atoms. The lowest BCUT2D eigenvalue weighted by molar-refractivity contribution is -0.136. The van der Waals surface area contributed by atoms with Gasteiger partial charge in [0, 0.05) is 50.5 Å². The fraction of sp³-hybridized carbons (Fsp3) is 0.556. The average Bonchev–Trinajstić information content (AvgIpc) is 3.43. The Morgan fingerprint density at radius 2 is 1.88 bits per heavy atom. The van der Waals surface area contributed by atoms with Crippen molar-refractivity contribution in [1.29, 1.82) is 0 Å². The smallest absolute Gasteiger partial charge is 0.418 e. The Morgan fingerprint density at radius 1 is 1.17 bits per heavy atom. The highest BCUT2D eigenvalue weighted by molar-refractivity contribution is 7.89. The molecular weight excluding hydrogens is 575 g/mol. The Balaban J connectivity index is 1.37. The molecular formula is C27H36F3N7O4S. The predicted molar refractivity (Wildman–Crippen MR) is 153 cm³/mol. The lowest BCUT2D eigenvalue weighted by atomic mass is 10.0. The molecule has 1 aromatic carbocycles. The fourth-order valence-electron chi connectivity index (χ4n) is 5.35. The number of aromatic nitrogens is 3. The van der Waals surface area contributed by atoms with Gasteiger partial charge in [0.1, 0.15) is 17.2 Å². The maximum atomic E-state index is 13.7. The summed E-state index contributed by atoms with van der Waals surface area (Å²) in [5.41, 5.74) is -0.501. The van der Waals surface area contributed by atoms with E-state index in [9.17, 15) is 21.6 Å². The van der Waals surface area contributed by atoms with E-state index in [1.54, 1.807) is 0 Å². The molecule has 2 aliphatic rings. The summed E-state index contributed by atoms with van der Waals surface area (Å²) in [5, 5.41) is 5.87. The maximum absolute atomic E-state index is 13.7. The Hall–Kier alpha value is -3.14. The number of methoxy groups -OCH3 is 1. The summed E-state index contributed by atoms with van der Waals surface area (Å²) in [7, 11) is -2.36. The number of benzene rings is 1. The van der Waals surface area contributed by atoms with E-state index in [1.165, 1.54) is 29.6 Å². The Morgan fingerprint density at radius 3 is 2.52 bits per heavy atom. The van der Waals surface area contributed by atoms with Crippen molar-refractivity contribution in [2.75, 3.05) is 57.1 Å².